The average Bonchev–Trinajstić information content (AvgIpc) is 2.71. The van der Waals surface area contributed by atoms with E-state index in [0.29, 0.717) is 60.7 Å². The molecule has 1 aromatic carbocycles. The van der Waals surface area contributed by atoms with Gasteiger partial charge in [-0.1, -0.05) is 18.2 Å². The van der Waals surface area contributed by atoms with Crippen LogP contribution in [0.5, 0.6) is 5.75 Å². The molecule has 3 unspecified atom stereocenters. The summed E-state index contributed by atoms with van der Waals surface area (Å²) in [6, 6.07) is 7.17. The summed E-state index contributed by atoms with van der Waals surface area (Å²) in [4.78, 5) is 26.8. The molecule has 1 saturated carbocycles. The number of fused-ring (bicyclic) bond motifs is 1. The van der Waals surface area contributed by atoms with Gasteiger partial charge in [-0.25, -0.2) is 0 Å². The summed E-state index contributed by atoms with van der Waals surface area (Å²) in [7, 11) is 0. The van der Waals surface area contributed by atoms with Crippen molar-refractivity contribution in [3.63, 3.8) is 0 Å². The predicted octanol–water partition coefficient (Wildman–Crippen LogP) is 1.65. The van der Waals surface area contributed by atoms with Gasteiger partial charge in [0.25, 0.3) is 5.56 Å². The van der Waals surface area contributed by atoms with E-state index in [-0.39, 0.29) is 17.6 Å². The molecule has 2 heterocycles. The van der Waals surface area contributed by atoms with Crippen molar-refractivity contribution in [3.8, 4) is 5.75 Å². The van der Waals surface area contributed by atoms with Crippen molar-refractivity contribution in [3.05, 3.63) is 40.3 Å². The minimum Gasteiger partial charge on any atom is -0.488 e. The van der Waals surface area contributed by atoms with Gasteiger partial charge >= 0.3 is 5.97 Å². The van der Waals surface area contributed by atoms with Gasteiger partial charge in [0.05, 0.1) is 23.1 Å². The van der Waals surface area contributed by atoms with Gasteiger partial charge in [-0.2, -0.15) is 0 Å². The van der Waals surface area contributed by atoms with Crippen LogP contribution in [0.25, 0.3) is 10.8 Å². The van der Waals surface area contributed by atoms with Crippen LogP contribution in [0.15, 0.2) is 29.1 Å². The molecule has 8 nitrogen and oxygen atoms in total. The van der Waals surface area contributed by atoms with Gasteiger partial charge in [0.1, 0.15) is 18.2 Å². The molecule has 2 aromatic rings. The number of ether oxygens (including phenoxy) is 1. The summed E-state index contributed by atoms with van der Waals surface area (Å²) in [6.07, 6.45) is 1.32. The number of carboxylic acid groups (broad SMARTS) is 1. The van der Waals surface area contributed by atoms with Gasteiger partial charge in [-0.3, -0.25) is 14.9 Å². The van der Waals surface area contributed by atoms with Gasteiger partial charge in [0.15, 0.2) is 0 Å². The number of aliphatic hydroxyl groups is 2. The summed E-state index contributed by atoms with van der Waals surface area (Å²) in [5, 5.41) is 33.3. The fourth-order valence-corrected chi connectivity index (χ4v) is 4.45. The van der Waals surface area contributed by atoms with Gasteiger partial charge in [-0.15, -0.1) is 0 Å². The number of rotatable bonds is 4. The number of pyridine rings is 1. The Kier molecular flexibility index (Phi) is 5.58. The molecule has 8 heteroatoms. The molecule has 1 aliphatic carbocycles. The molecule has 2 fully saturated rings. The normalized spacial score (nSPS) is 30.2. The number of benzene rings is 1. The van der Waals surface area contributed by atoms with Crippen molar-refractivity contribution in [1.82, 2.24) is 10.3 Å². The zero-order chi connectivity index (χ0) is 20.5. The number of hydrogen-bond acceptors (Lipinski definition) is 6. The Morgan fingerprint density at radius 2 is 1.69 bits per heavy atom. The number of carbonyl (C=O) groups is 1. The fourth-order valence-electron chi connectivity index (χ4n) is 4.45. The van der Waals surface area contributed by atoms with Crippen LogP contribution in [0, 0.1) is 5.92 Å². The monoisotopic (exact) mass is 402 g/mol. The molecular formula is C21H26N2O6. The highest BCUT2D eigenvalue weighted by Crippen LogP contribution is 2.38. The first-order valence-corrected chi connectivity index (χ1v) is 10.1. The van der Waals surface area contributed by atoms with E-state index in [4.69, 9.17) is 4.74 Å². The lowest BCUT2D eigenvalue weighted by atomic mass is 9.87. The van der Waals surface area contributed by atoms with Gasteiger partial charge < -0.3 is 25.0 Å². The second-order valence-electron chi connectivity index (χ2n) is 7.98. The molecule has 29 heavy (non-hydrogen) atoms. The lowest BCUT2D eigenvalue weighted by molar-refractivity contribution is -0.143. The van der Waals surface area contributed by atoms with Crippen LogP contribution < -0.4 is 15.6 Å². The number of aliphatic hydroxyl groups excluding tert-OH is 2. The summed E-state index contributed by atoms with van der Waals surface area (Å²) in [6.45, 7) is 0. The number of aromatic nitrogens is 1. The summed E-state index contributed by atoms with van der Waals surface area (Å²) in [5.74, 6) is -1.01. The molecule has 156 valence electrons. The topological polar surface area (TPSA) is 132 Å². The molecule has 0 bridgehead atoms. The molecular weight excluding hydrogens is 376 g/mol. The third kappa shape index (κ3) is 4.01. The Balaban J connectivity index is 1.70. The van der Waals surface area contributed by atoms with Crippen LogP contribution in [0.3, 0.4) is 0 Å². The van der Waals surface area contributed by atoms with Crippen LogP contribution in [-0.2, 0) is 4.79 Å². The van der Waals surface area contributed by atoms with Crippen molar-refractivity contribution in [2.75, 3.05) is 0 Å². The minimum atomic E-state index is -1.01. The first-order valence-electron chi connectivity index (χ1n) is 10.1. The van der Waals surface area contributed by atoms with E-state index in [0.717, 1.165) is 0 Å². The highest BCUT2D eigenvalue weighted by molar-refractivity contribution is 5.88. The van der Waals surface area contributed by atoms with Crippen LogP contribution in [0.4, 0.5) is 0 Å². The molecule has 1 aliphatic heterocycles. The molecule has 2 aliphatic rings. The minimum absolute atomic E-state index is 0.155. The maximum Gasteiger partial charge on any atom is 0.306 e. The van der Waals surface area contributed by atoms with Crippen molar-refractivity contribution in [1.29, 1.82) is 0 Å². The first-order chi connectivity index (χ1) is 13.9. The van der Waals surface area contributed by atoms with Gasteiger partial charge in [0, 0.05) is 11.3 Å². The molecule has 4 rings (SSSR count). The van der Waals surface area contributed by atoms with E-state index in [9.17, 15) is 24.9 Å². The fraction of sp³-hybridized carbons (Fsp3) is 0.524. The second-order valence-corrected chi connectivity index (χ2v) is 7.98. The largest absolute Gasteiger partial charge is 0.488 e. The number of hydrogen-bond donors (Lipinski definition) is 5. The van der Waals surface area contributed by atoms with Crippen molar-refractivity contribution >= 4 is 16.7 Å². The highest BCUT2D eigenvalue weighted by Gasteiger charge is 2.34. The maximum absolute atomic E-state index is 12.6. The van der Waals surface area contributed by atoms with E-state index in [2.05, 4.69) is 10.3 Å². The van der Waals surface area contributed by atoms with Crippen molar-refractivity contribution < 1.29 is 24.9 Å². The van der Waals surface area contributed by atoms with Gasteiger partial charge in [-0.05, 0) is 44.6 Å². The third-order valence-corrected chi connectivity index (χ3v) is 6.08. The Morgan fingerprint density at radius 1 is 1.00 bits per heavy atom. The van der Waals surface area contributed by atoms with Crippen molar-refractivity contribution in [2.24, 2.45) is 5.92 Å². The zero-order valence-electron chi connectivity index (χ0n) is 16.0. The van der Waals surface area contributed by atoms with Crippen LogP contribution in [0.1, 0.15) is 50.1 Å². The number of piperidine rings is 1. The number of aliphatic carboxylic acids is 1. The first kappa shape index (κ1) is 19.9. The van der Waals surface area contributed by atoms with E-state index in [1.807, 2.05) is 12.1 Å². The molecule has 1 aromatic heterocycles. The van der Waals surface area contributed by atoms with E-state index in [1.54, 1.807) is 12.1 Å². The Hall–Kier alpha value is -2.42. The molecule has 0 amide bonds. The Labute approximate surface area is 167 Å². The molecule has 1 saturated heterocycles. The smallest absolute Gasteiger partial charge is 0.306 e. The molecule has 0 spiro atoms. The quantitative estimate of drug-likeness (QED) is 0.525. The number of nitrogens with one attached hydrogen (secondary N) is 2. The SMILES string of the molecule is O=C(O)C1CCC(Oc2c(C3CCC(O)NC3O)[nH]c(=O)c3ccccc23)CC1. The van der Waals surface area contributed by atoms with E-state index >= 15 is 0 Å². The van der Waals surface area contributed by atoms with E-state index < -0.39 is 24.3 Å². The number of H-pyrrole nitrogens is 1. The molecule has 3 atom stereocenters. The van der Waals surface area contributed by atoms with Crippen LogP contribution in [-0.4, -0.2) is 44.8 Å². The number of aromatic amines is 1. The predicted molar refractivity (Wildman–Crippen MR) is 106 cm³/mol. The molecule has 5 N–H and O–H groups in total. The zero-order valence-corrected chi connectivity index (χ0v) is 16.0. The number of carboxylic acids is 1. The average molecular weight is 402 g/mol. The highest BCUT2D eigenvalue weighted by atomic mass is 16.5. The summed E-state index contributed by atoms with van der Waals surface area (Å²) >= 11 is 0. The second kappa shape index (κ2) is 8.14. The third-order valence-electron chi connectivity index (χ3n) is 6.08. The maximum atomic E-state index is 12.6. The van der Waals surface area contributed by atoms with Crippen LogP contribution in [0.2, 0.25) is 0 Å². The standard InChI is InChI=1S/C21H26N2O6/c24-16-10-9-15(20(26)22-16)17-18(13-3-1-2-4-14(13)19(25)23-17)29-12-7-5-11(6-8-12)21(27)28/h1-4,11-12,15-16,20,22,24,26H,5-10H2,(H,23,25)(H,27,28). The summed E-state index contributed by atoms with van der Waals surface area (Å²) in [5.41, 5.74) is 0.261. The van der Waals surface area contributed by atoms with Gasteiger partial charge in [0.2, 0.25) is 0 Å². The van der Waals surface area contributed by atoms with Crippen LogP contribution >= 0.6 is 0 Å². The Bertz CT molecular complexity index is 950. The lowest BCUT2D eigenvalue weighted by Crippen LogP contribution is -2.47. The lowest BCUT2D eigenvalue weighted by Gasteiger charge is -2.34. The molecule has 0 radical (unpaired) electrons. The van der Waals surface area contributed by atoms with Crippen molar-refractivity contribution in [2.45, 2.75) is 63.0 Å². The van der Waals surface area contributed by atoms with E-state index in [1.165, 1.54) is 0 Å². The summed E-state index contributed by atoms with van der Waals surface area (Å²) < 4.78 is 6.35. The Morgan fingerprint density at radius 3 is 2.34 bits per heavy atom.